The van der Waals surface area contributed by atoms with E-state index in [0.717, 1.165) is 33.2 Å². The number of carbonyl (C=O) groups is 2. The van der Waals surface area contributed by atoms with Gasteiger partial charge in [-0.3, -0.25) is 9.59 Å². The van der Waals surface area contributed by atoms with Crippen LogP contribution in [0.1, 0.15) is 39.5 Å². The van der Waals surface area contributed by atoms with Gasteiger partial charge in [-0.05, 0) is 37.0 Å². The van der Waals surface area contributed by atoms with Crippen molar-refractivity contribution in [2.75, 3.05) is 11.1 Å². The standard InChI is InChI=1S/C19H24N2O3S2/c1-11(2)10-25-19-21-15-8-7-12(9-16(15)26-19)20-17(22)13-5-3-4-6-14(13)18(23)24/h7-9,11,13-14H,3-6,10H2,1-2H3,(H,20,22)(H,23,24)/t13-,14-/m1/s1. The summed E-state index contributed by atoms with van der Waals surface area (Å²) in [5, 5.41) is 12.3. The van der Waals surface area contributed by atoms with E-state index in [9.17, 15) is 14.7 Å². The van der Waals surface area contributed by atoms with Gasteiger partial charge in [-0.15, -0.1) is 11.3 Å². The van der Waals surface area contributed by atoms with Gasteiger partial charge in [0.1, 0.15) is 0 Å². The summed E-state index contributed by atoms with van der Waals surface area (Å²) in [4.78, 5) is 28.7. The molecule has 1 aliphatic rings. The molecule has 2 N–H and O–H groups in total. The molecule has 0 saturated heterocycles. The highest BCUT2D eigenvalue weighted by Crippen LogP contribution is 2.34. The molecule has 1 fully saturated rings. The van der Waals surface area contributed by atoms with E-state index in [4.69, 9.17) is 0 Å². The summed E-state index contributed by atoms with van der Waals surface area (Å²) in [6.07, 6.45) is 3.01. The fraction of sp³-hybridized carbons (Fsp3) is 0.526. The van der Waals surface area contributed by atoms with E-state index in [1.54, 1.807) is 23.1 Å². The van der Waals surface area contributed by atoms with Crippen molar-refractivity contribution in [2.45, 2.75) is 43.9 Å². The molecule has 3 rings (SSSR count). The van der Waals surface area contributed by atoms with Gasteiger partial charge in [0.25, 0.3) is 0 Å². The number of fused-ring (bicyclic) bond motifs is 1. The third kappa shape index (κ3) is 4.57. The van der Waals surface area contributed by atoms with Crippen LogP contribution in [-0.4, -0.2) is 27.7 Å². The molecular formula is C19H24N2O3S2. The lowest BCUT2D eigenvalue weighted by Crippen LogP contribution is -2.36. The zero-order chi connectivity index (χ0) is 18.7. The minimum atomic E-state index is -0.866. The largest absolute Gasteiger partial charge is 0.481 e. The molecular weight excluding hydrogens is 368 g/mol. The number of benzene rings is 1. The van der Waals surface area contributed by atoms with Gasteiger partial charge in [-0.25, -0.2) is 4.98 Å². The number of aromatic nitrogens is 1. The van der Waals surface area contributed by atoms with Crippen molar-refractivity contribution in [3.63, 3.8) is 0 Å². The lowest BCUT2D eigenvalue weighted by atomic mass is 9.78. The average Bonchev–Trinajstić information content (AvgIpc) is 3.02. The number of nitrogens with one attached hydrogen (secondary N) is 1. The Bertz CT molecular complexity index is 803. The maximum atomic E-state index is 12.6. The molecule has 1 aliphatic carbocycles. The van der Waals surface area contributed by atoms with Crippen molar-refractivity contribution in [3.8, 4) is 0 Å². The van der Waals surface area contributed by atoms with Crippen molar-refractivity contribution < 1.29 is 14.7 Å². The first kappa shape index (κ1) is 19.2. The third-order valence-electron chi connectivity index (χ3n) is 4.60. The van der Waals surface area contributed by atoms with Crippen molar-refractivity contribution in [1.82, 2.24) is 4.98 Å². The quantitative estimate of drug-likeness (QED) is 0.685. The maximum Gasteiger partial charge on any atom is 0.307 e. The number of aliphatic carboxylic acids is 1. The van der Waals surface area contributed by atoms with Crippen LogP contribution >= 0.6 is 23.1 Å². The topological polar surface area (TPSA) is 79.3 Å². The highest BCUT2D eigenvalue weighted by molar-refractivity contribution is 8.01. The normalized spacial score (nSPS) is 20.4. The molecule has 26 heavy (non-hydrogen) atoms. The van der Waals surface area contributed by atoms with Gasteiger partial charge in [-0.2, -0.15) is 0 Å². The smallest absolute Gasteiger partial charge is 0.307 e. The monoisotopic (exact) mass is 392 g/mol. The van der Waals surface area contributed by atoms with E-state index in [2.05, 4.69) is 24.1 Å². The Labute approximate surface area is 161 Å². The highest BCUT2D eigenvalue weighted by Gasteiger charge is 2.35. The fourth-order valence-corrected chi connectivity index (χ4v) is 5.34. The van der Waals surface area contributed by atoms with Gasteiger partial charge in [0.05, 0.1) is 22.1 Å². The average molecular weight is 393 g/mol. The molecule has 1 heterocycles. The number of anilines is 1. The summed E-state index contributed by atoms with van der Waals surface area (Å²) in [6, 6.07) is 5.69. The summed E-state index contributed by atoms with van der Waals surface area (Å²) in [6.45, 7) is 4.37. The second-order valence-corrected chi connectivity index (χ2v) is 9.49. The molecule has 0 bridgehead atoms. The number of amides is 1. The first-order valence-corrected chi connectivity index (χ1v) is 10.8. The zero-order valence-corrected chi connectivity index (χ0v) is 16.7. The lowest BCUT2D eigenvalue weighted by Gasteiger charge is -2.27. The van der Waals surface area contributed by atoms with E-state index in [1.807, 2.05) is 18.2 Å². The minimum Gasteiger partial charge on any atom is -0.481 e. The highest BCUT2D eigenvalue weighted by atomic mass is 32.2. The van der Waals surface area contributed by atoms with Gasteiger partial charge in [0.15, 0.2) is 4.34 Å². The molecule has 1 saturated carbocycles. The lowest BCUT2D eigenvalue weighted by molar-refractivity contribution is -0.147. The van der Waals surface area contributed by atoms with Crippen LogP contribution in [0.5, 0.6) is 0 Å². The molecule has 7 heteroatoms. The van der Waals surface area contributed by atoms with E-state index in [-0.39, 0.29) is 5.91 Å². The van der Waals surface area contributed by atoms with E-state index in [0.29, 0.717) is 24.4 Å². The molecule has 140 valence electrons. The molecule has 0 unspecified atom stereocenters. The van der Waals surface area contributed by atoms with E-state index < -0.39 is 17.8 Å². The van der Waals surface area contributed by atoms with Gasteiger partial charge in [0.2, 0.25) is 5.91 Å². The van der Waals surface area contributed by atoms with E-state index >= 15 is 0 Å². The van der Waals surface area contributed by atoms with Crippen molar-refractivity contribution >= 4 is 50.9 Å². The SMILES string of the molecule is CC(C)CSc1nc2ccc(NC(=O)[C@@H]3CCCC[C@H]3C(=O)O)cc2s1. The van der Waals surface area contributed by atoms with Crippen LogP contribution in [0.2, 0.25) is 0 Å². The van der Waals surface area contributed by atoms with E-state index in [1.165, 1.54) is 0 Å². The minimum absolute atomic E-state index is 0.185. The summed E-state index contributed by atoms with van der Waals surface area (Å²) in [5.74, 6) is -0.434. The number of thioether (sulfide) groups is 1. The van der Waals surface area contributed by atoms with Gasteiger partial charge >= 0.3 is 5.97 Å². The number of nitrogens with zero attached hydrogens (tertiary/aromatic N) is 1. The Morgan fingerprint density at radius 3 is 2.73 bits per heavy atom. The van der Waals surface area contributed by atoms with Gasteiger partial charge < -0.3 is 10.4 Å². The van der Waals surface area contributed by atoms with Crippen LogP contribution < -0.4 is 5.32 Å². The van der Waals surface area contributed by atoms with Crippen LogP contribution in [0.4, 0.5) is 5.69 Å². The predicted molar refractivity (Wildman–Crippen MR) is 107 cm³/mol. The Morgan fingerprint density at radius 1 is 1.31 bits per heavy atom. The second-order valence-electron chi connectivity index (χ2n) is 7.19. The Hall–Kier alpha value is -1.60. The number of rotatable bonds is 6. The summed E-state index contributed by atoms with van der Waals surface area (Å²) < 4.78 is 2.07. The molecule has 1 amide bonds. The van der Waals surface area contributed by atoms with Crippen LogP contribution in [-0.2, 0) is 9.59 Å². The maximum absolute atomic E-state index is 12.6. The number of hydrogen-bond donors (Lipinski definition) is 2. The molecule has 1 aromatic heterocycles. The first-order chi connectivity index (χ1) is 12.4. The second kappa shape index (κ2) is 8.39. The number of carboxylic acid groups (broad SMARTS) is 1. The molecule has 2 aromatic rings. The summed E-state index contributed by atoms with van der Waals surface area (Å²) >= 11 is 3.38. The molecule has 1 aromatic carbocycles. The Morgan fingerprint density at radius 2 is 2.04 bits per heavy atom. The number of thiazole rings is 1. The summed E-state index contributed by atoms with van der Waals surface area (Å²) in [5.41, 5.74) is 1.64. The van der Waals surface area contributed by atoms with Crippen molar-refractivity contribution in [2.24, 2.45) is 17.8 Å². The van der Waals surface area contributed by atoms with Crippen LogP contribution in [0.25, 0.3) is 10.2 Å². The first-order valence-electron chi connectivity index (χ1n) is 9.01. The predicted octanol–water partition coefficient (Wildman–Crippen LogP) is 4.87. The van der Waals surface area contributed by atoms with Gasteiger partial charge in [0, 0.05) is 11.4 Å². The Balaban J connectivity index is 1.71. The Kier molecular flexibility index (Phi) is 6.19. The van der Waals surface area contributed by atoms with Crippen LogP contribution in [0, 0.1) is 17.8 Å². The number of carboxylic acids is 1. The molecule has 0 radical (unpaired) electrons. The van der Waals surface area contributed by atoms with Gasteiger partial charge in [-0.1, -0.05) is 38.5 Å². The van der Waals surface area contributed by atoms with Crippen LogP contribution in [0.15, 0.2) is 22.5 Å². The number of carbonyl (C=O) groups excluding carboxylic acids is 1. The zero-order valence-electron chi connectivity index (χ0n) is 15.0. The number of hydrogen-bond acceptors (Lipinski definition) is 5. The third-order valence-corrected chi connectivity index (χ3v) is 7.18. The van der Waals surface area contributed by atoms with Crippen LogP contribution in [0.3, 0.4) is 0 Å². The van der Waals surface area contributed by atoms with Crippen molar-refractivity contribution in [3.05, 3.63) is 18.2 Å². The molecule has 2 atom stereocenters. The summed E-state index contributed by atoms with van der Waals surface area (Å²) in [7, 11) is 0. The molecule has 5 nitrogen and oxygen atoms in total. The molecule has 0 aliphatic heterocycles. The fourth-order valence-electron chi connectivity index (χ4n) is 3.26. The molecule has 0 spiro atoms. The van der Waals surface area contributed by atoms with Crippen molar-refractivity contribution in [1.29, 1.82) is 0 Å².